The van der Waals surface area contributed by atoms with Crippen LogP contribution >= 0.6 is 0 Å². The summed E-state index contributed by atoms with van der Waals surface area (Å²) in [7, 11) is 3.99. The highest BCUT2D eigenvalue weighted by molar-refractivity contribution is 5.41. The van der Waals surface area contributed by atoms with Crippen LogP contribution in [0.4, 0.5) is 5.82 Å². The van der Waals surface area contributed by atoms with Crippen molar-refractivity contribution in [3.63, 3.8) is 0 Å². The van der Waals surface area contributed by atoms with Crippen LogP contribution in [0.25, 0.3) is 0 Å². The van der Waals surface area contributed by atoms with Crippen molar-refractivity contribution in [2.45, 2.75) is 44.8 Å². The molecule has 18 heavy (non-hydrogen) atoms. The Labute approximate surface area is 108 Å². The van der Waals surface area contributed by atoms with Crippen molar-refractivity contribution in [3.8, 4) is 0 Å². The number of aryl methyl sites for hydroxylation is 1. The van der Waals surface area contributed by atoms with Crippen LogP contribution in [0.15, 0.2) is 12.3 Å². The molecule has 2 aliphatic carbocycles. The Morgan fingerprint density at radius 3 is 2.78 bits per heavy atom. The lowest BCUT2D eigenvalue weighted by Crippen LogP contribution is -2.67. The van der Waals surface area contributed by atoms with Crippen molar-refractivity contribution in [1.82, 2.24) is 9.97 Å². The third-order valence-electron chi connectivity index (χ3n) is 4.90. The lowest BCUT2D eigenvalue weighted by Gasteiger charge is -2.63. The van der Waals surface area contributed by atoms with Crippen LogP contribution in [0.3, 0.4) is 0 Å². The van der Waals surface area contributed by atoms with E-state index >= 15 is 0 Å². The Balaban J connectivity index is 1.80. The molecule has 0 bridgehead atoms. The maximum atomic E-state index is 5.62. The maximum absolute atomic E-state index is 5.62. The average Bonchev–Trinajstić information content (AvgIpc) is 2.26. The molecule has 2 fully saturated rings. The van der Waals surface area contributed by atoms with E-state index < -0.39 is 0 Å². The van der Waals surface area contributed by atoms with Crippen LogP contribution < -0.4 is 4.90 Å². The number of anilines is 1. The number of hydrogen-bond donors (Lipinski definition) is 0. The van der Waals surface area contributed by atoms with Gasteiger partial charge in [0.05, 0.1) is 6.10 Å². The molecule has 4 nitrogen and oxygen atoms in total. The zero-order valence-electron chi connectivity index (χ0n) is 11.4. The van der Waals surface area contributed by atoms with Gasteiger partial charge in [-0.3, -0.25) is 0 Å². The topological polar surface area (TPSA) is 38.2 Å². The first-order valence-corrected chi connectivity index (χ1v) is 6.72. The van der Waals surface area contributed by atoms with Gasteiger partial charge in [-0.1, -0.05) is 6.42 Å². The van der Waals surface area contributed by atoms with Crippen molar-refractivity contribution < 1.29 is 4.74 Å². The highest BCUT2D eigenvalue weighted by Crippen LogP contribution is 2.59. The molecule has 3 rings (SSSR count). The summed E-state index contributed by atoms with van der Waals surface area (Å²) in [5, 5.41) is 0. The summed E-state index contributed by atoms with van der Waals surface area (Å²) >= 11 is 0. The van der Waals surface area contributed by atoms with Crippen molar-refractivity contribution in [2.75, 3.05) is 19.1 Å². The van der Waals surface area contributed by atoms with Crippen molar-refractivity contribution in [1.29, 1.82) is 0 Å². The standard InChI is InChI=1S/C14H21N3O/c1-10-15-8-5-13(16-10)17(2)11-9-12(18-3)14(11)6-4-7-14/h5,8,11-12H,4,6-7,9H2,1-3H3/t11-,12-/m0/s1. The largest absolute Gasteiger partial charge is 0.381 e. The highest BCUT2D eigenvalue weighted by atomic mass is 16.5. The van der Waals surface area contributed by atoms with Gasteiger partial charge >= 0.3 is 0 Å². The van der Waals surface area contributed by atoms with Gasteiger partial charge in [0.15, 0.2) is 0 Å². The predicted octanol–water partition coefficient (Wildman–Crippen LogP) is 2.18. The maximum Gasteiger partial charge on any atom is 0.132 e. The minimum absolute atomic E-state index is 0.391. The Hall–Kier alpha value is -1.16. The summed E-state index contributed by atoms with van der Waals surface area (Å²) < 4.78 is 5.62. The molecule has 2 atom stereocenters. The molecule has 1 heterocycles. The fraction of sp³-hybridized carbons (Fsp3) is 0.714. The number of rotatable bonds is 3. The van der Waals surface area contributed by atoms with Crippen LogP contribution in [0.1, 0.15) is 31.5 Å². The quantitative estimate of drug-likeness (QED) is 0.820. The molecule has 1 aromatic heterocycles. The van der Waals surface area contributed by atoms with E-state index in [4.69, 9.17) is 4.74 Å². The Kier molecular flexibility index (Phi) is 2.77. The first kappa shape index (κ1) is 11.9. The van der Waals surface area contributed by atoms with Gasteiger partial charge < -0.3 is 9.64 Å². The molecule has 2 saturated carbocycles. The third kappa shape index (κ3) is 1.55. The lowest BCUT2D eigenvalue weighted by atomic mass is 9.50. The normalized spacial score (nSPS) is 28.6. The molecule has 0 aromatic carbocycles. The zero-order chi connectivity index (χ0) is 12.8. The Morgan fingerprint density at radius 1 is 1.44 bits per heavy atom. The second-order valence-corrected chi connectivity index (χ2v) is 5.64. The molecule has 0 N–H and O–H groups in total. The van der Waals surface area contributed by atoms with E-state index in [0.29, 0.717) is 17.6 Å². The van der Waals surface area contributed by atoms with Gasteiger partial charge in [-0.05, 0) is 32.3 Å². The van der Waals surface area contributed by atoms with Crippen LogP contribution in [-0.4, -0.2) is 36.3 Å². The molecule has 1 aromatic rings. The van der Waals surface area contributed by atoms with Gasteiger partial charge in [-0.25, -0.2) is 9.97 Å². The van der Waals surface area contributed by atoms with Gasteiger partial charge in [-0.2, -0.15) is 0 Å². The lowest BCUT2D eigenvalue weighted by molar-refractivity contribution is -0.152. The van der Waals surface area contributed by atoms with Gasteiger partial charge in [0.1, 0.15) is 11.6 Å². The molecule has 0 saturated heterocycles. The summed E-state index contributed by atoms with van der Waals surface area (Å²) in [4.78, 5) is 11.0. The number of aromatic nitrogens is 2. The Bertz CT molecular complexity index is 444. The van der Waals surface area contributed by atoms with Crippen LogP contribution in [0.5, 0.6) is 0 Å². The number of ether oxygens (including phenoxy) is 1. The molecule has 0 aliphatic heterocycles. The highest BCUT2D eigenvalue weighted by Gasteiger charge is 2.60. The van der Waals surface area contributed by atoms with E-state index in [-0.39, 0.29) is 0 Å². The first-order valence-electron chi connectivity index (χ1n) is 6.72. The summed E-state index contributed by atoms with van der Waals surface area (Å²) in [6, 6.07) is 2.57. The van der Waals surface area contributed by atoms with E-state index in [1.54, 1.807) is 0 Å². The molecule has 0 radical (unpaired) electrons. The third-order valence-corrected chi connectivity index (χ3v) is 4.90. The second kappa shape index (κ2) is 4.19. The minimum Gasteiger partial charge on any atom is -0.381 e. The SMILES string of the molecule is CO[C@H]1C[C@H](N(C)c2ccnc(C)n2)C12CCC2. The minimum atomic E-state index is 0.391. The average molecular weight is 247 g/mol. The molecular formula is C14H21N3O. The predicted molar refractivity (Wildman–Crippen MR) is 70.7 cm³/mol. The van der Waals surface area contributed by atoms with Crippen molar-refractivity contribution >= 4 is 5.82 Å². The van der Waals surface area contributed by atoms with Gasteiger partial charge in [0.2, 0.25) is 0 Å². The van der Waals surface area contributed by atoms with Crippen molar-refractivity contribution in [2.24, 2.45) is 5.41 Å². The molecule has 0 unspecified atom stereocenters. The molecule has 2 aliphatic rings. The molecule has 98 valence electrons. The number of methoxy groups -OCH3 is 1. The van der Waals surface area contributed by atoms with E-state index in [1.165, 1.54) is 19.3 Å². The van der Waals surface area contributed by atoms with E-state index in [1.807, 2.05) is 26.3 Å². The summed E-state index contributed by atoms with van der Waals surface area (Å²) in [6.45, 7) is 1.94. The smallest absolute Gasteiger partial charge is 0.132 e. The molecule has 1 spiro atoms. The van der Waals surface area contributed by atoms with E-state index in [2.05, 4.69) is 21.9 Å². The molecular weight excluding hydrogens is 226 g/mol. The summed E-state index contributed by atoms with van der Waals surface area (Å²) in [5.74, 6) is 1.87. The fourth-order valence-electron chi connectivity index (χ4n) is 3.64. The van der Waals surface area contributed by atoms with Crippen LogP contribution in [0.2, 0.25) is 0 Å². The van der Waals surface area contributed by atoms with Crippen molar-refractivity contribution in [3.05, 3.63) is 18.1 Å². The summed E-state index contributed by atoms with van der Waals surface area (Å²) in [6.07, 6.45) is 7.34. The van der Waals surface area contributed by atoms with Crippen LogP contribution in [0, 0.1) is 12.3 Å². The van der Waals surface area contributed by atoms with Gasteiger partial charge in [-0.15, -0.1) is 0 Å². The molecule has 0 amide bonds. The Morgan fingerprint density at radius 2 is 2.22 bits per heavy atom. The zero-order valence-corrected chi connectivity index (χ0v) is 11.4. The van der Waals surface area contributed by atoms with E-state index in [0.717, 1.165) is 18.1 Å². The summed E-state index contributed by atoms with van der Waals surface area (Å²) in [5.41, 5.74) is 0.391. The van der Waals surface area contributed by atoms with Gasteiger partial charge in [0.25, 0.3) is 0 Å². The molecule has 4 heteroatoms. The fourth-order valence-corrected chi connectivity index (χ4v) is 3.64. The van der Waals surface area contributed by atoms with Crippen LogP contribution in [-0.2, 0) is 4.74 Å². The first-order chi connectivity index (χ1) is 8.67. The second-order valence-electron chi connectivity index (χ2n) is 5.64. The van der Waals surface area contributed by atoms with E-state index in [9.17, 15) is 0 Å². The number of nitrogens with zero attached hydrogens (tertiary/aromatic N) is 3. The number of hydrogen-bond acceptors (Lipinski definition) is 4. The van der Waals surface area contributed by atoms with Gasteiger partial charge in [0, 0.05) is 31.8 Å². The monoisotopic (exact) mass is 247 g/mol.